The topological polar surface area (TPSA) is 81.1 Å². The van der Waals surface area contributed by atoms with Crippen molar-refractivity contribution in [2.24, 2.45) is 7.05 Å². The minimum Gasteiger partial charge on any atom is -0.379 e. The maximum atomic E-state index is 11.4. The van der Waals surface area contributed by atoms with Crippen LogP contribution in [0, 0.1) is 0 Å². The average Bonchev–Trinajstić information content (AvgIpc) is 3.33. The van der Waals surface area contributed by atoms with Gasteiger partial charge in [-0.1, -0.05) is 12.1 Å². The number of hydrogen-bond donors (Lipinski definition) is 1. The second-order valence-electron chi connectivity index (χ2n) is 7.02. The summed E-state index contributed by atoms with van der Waals surface area (Å²) in [5, 5.41) is 21.3. The molecule has 0 saturated heterocycles. The van der Waals surface area contributed by atoms with E-state index in [1.54, 1.807) is 34.7 Å². The van der Waals surface area contributed by atoms with Crippen molar-refractivity contribution in [3.8, 4) is 11.3 Å². The predicted octanol–water partition coefficient (Wildman–Crippen LogP) is 2.93. The quantitative estimate of drug-likeness (QED) is 0.528. The number of hydrogen-bond acceptors (Lipinski definition) is 5. The molecule has 0 amide bonds. The number of pyridine rings is 1. The van der Waals surface area contributed by atoms with Gasteiger partial charge in [0.2, 0.25) is 0 Å². The van der Waals surface area contributed by atoms with Crippen molar-refractivity contribution in [1.29, 1.82) is 0 Å². The summed E-state index contributed by atoms with van der Waals surface area (Å²) in [6.07, 6.45) is 7.09. The molecule has 0 radical (unpaired) electrons. The van der Waals surface area contributed by atoms with Crippen LogP contribution in [0.1, 0.15) is 18.2 Å². The summed E-state index contributed by atoms with van der Waals surface area (Å²) >= 11 is 0. The number of aromatic nitrogens is 6. The van der Waals surface area contributed by atoms with Crippen molar-refractivity contribution in [1.82, 2.24) is 29.4 Å². The fraction of sp³-hybridized carbons (Fsp3) is 0.143. The van der Waals surface area contributed by atoms with Gasteiger partial charge in [0.05, 0.1) is 29.3 Å². The van der Waals surface area contributed by atoms with E-state index in [1.165, 1.54) is 0 Å². The van der Waals surface area contributed by atoms with Gasteiger partial charge in [0.1, 0.15) is 5.60 Å². The lowest BCUT2D eigenvalue weighted by atomic mass is 9.92. The Hall–Kier alpha value is -3.58. The van der Waals surface area contributed by atoms with Crippen molar-refractivity contribution < 1.29 is 5.11 Å². The molecule has 0 aliphatic heterocycles. The number of fused-ring (bicyclic) bond motifs is 2. The van der Waals surface area contributed by atoms with E-state index in [2.05, 4.69) is 15.1 Å². The predicted molar refractivity (Wildman–Crippen MR) is 106 cm³/mol. The first kappa shape index (κ1) is 16.6. The maximum Gasteiger partial charge on any atom is 0.153 e. The minimum absolute atomic E-state index is 0.594. The number of imidazole rings is 1. The first-order chi connectivity index (χ1) is 13.5. The van der Waals surface area contributed by atoms with Gasteiger partial charge in [-0.2, -0.15) is 10.2 Å². The van der Waals surface area contributed by atoms with Gasteiger partial charge in [0.15, 0.2) is 5.65 Å². The number of rotatable bonds is 3. The van der Waals surface area contributed by atoms with Gasteiger partial charge in [-0.05, 0) is 42.8 Å². The Morgan fingerprint density at radius 3 is 2.75 bits per heavy atom. The zero-order chi connectivity index (χ0) is 19.3. The van der Waals surface area contributed by atoms with Gasteiger partial charge in [0, 0.05) is 30.4 Å². The van der Waals surface area contributed by atoms with E-state index in [1.807, 2.05) is 55.7 Å². The normalized spacial score (nSPS) is 13.8. The van der Waals surface area contributed by atoms with E-state index >= 15 is 0 Å². The molecule has 0 bridgehead atoms. The van der Waals surface area contributed by atoms with E-state index in [4.69, 9.17) is 5.10 Å². The summed E-state index contributed by atoms with van der Waals surface area (Å²) in [4.78, 5) is 8.76. The number of benzene rings is 1. The third-order valence-corrected chi connectivity index (χ3v) is 5.03. The molecule has 5 rings (SSSR count). The van der Waals surface area contributed by atoms with Crippen LogP contribution >= 0.6 is 0 Å². The summed E-state index contributed by atoms with van der Waals surface area (Å²) in [5.41, 5.74) is 3.30. The first-order valence-electron chi connectivity index (χ1n) is 8.94. The Bertz CT molecular complexity index is 1320. The lowest BCUT2D eigenvalue weighted by Crippen LogP contribution is -2.25. The van der Waals surface area contributed by atoms with Gasteiger partial charge in [-0.25, -0.2) is 9.50 Å². The Balaban J connectivity index is 1.65. The minimum atomic E-state index is -1.27. The van der Waals surface area contributed by atoms with Crippen LogP contribution in [0.2, 0.25) is 0 Å². The molecule has 1 N–H and O–H groups in total. The zero-order valence-electron chi connectivity index (χ0n) is 15.5. The molecule has 0 saturated carbocycles. The van der Waals surface area contributed by atoms with Crippen LogP contribution in [0.5, 0.6) is 0 Å². The molecule has 5 aromatic rings. The molecule has 1 aromatic carbocycles. The summed E-state index contributed by atoms with van der Waals surface area (Å²) in [6.45, 7) is 1.76. The largest absolute Gasteiger partial charge is 0.379 e. The first-order valence-corrected chi connectivity index (χ1v) is 8.94. The Kier molecular flexibility index (Phi) is 3.53. The molecule has 4 aromatic heterocycles. The van der Waals surface area contributed by atoms with Gasteiger partial charge in [-0.15, -0.1) is 0 Å². The standard InChI is InChI=1S/C21H18N6O/c1-21(28,16-5-6-17-14(10-16)4-3-9-22-17)19-12-23-20-8-7-18(25-27(19)20)15-11-24-26(2)13-15/h3-13,28H,1-2H3. The summed E-state index contributed by atoms with van der Waals surface area (Å²) < 4.78 is 3.42. The molecule has 4 heterocycles. The lowest BCUT2D eigenvalue weighted by Gasteiger charge is -2.23. The van der Waals surface area contributed by atoms with Crippen LogP contribution in [-0.2, 0) is 12.6 Å². The fourth-order valence-corrected chi connectivity index (χ4v) is 3.44. The second-order valence-corrected chi connectivity index (χ2v) is 7.02. The van der Waals surface area contributed by atoms with Crippen LogP contribution in [-0.4, -0.2) is 34.5 Å². The lowest BCUT2D eigenvalue weighted by molar-refractivity contribution is 0.0954. The molecule has 1 unspecified atom stereocenters. The van der Waals surface area contributed by atoms with Gasteiger partial charge in [-0.3, -0.25) is 9.67 Å². The summed E-state index contributed by atoms with van der Waals surface area (Å²) in [7, 11) is 1.87. The van der Waals surface area contributed by atoms with Gasteiger partial charge in [0.25, 0.3) is 0 Å². The van der Waals surface area contributed by atoms with Crippen molar-refractivity contribution in [3.63, 3.8) is 0 Å². The van der Waals surface area contributed by atoms with Crippen LogP contribution < -0.4 is 0 Å². The molecule has 0 aliphatic carbocycles. The molecular formula is C21H18N6O. The SMILES string of the molecule is Cn1cc(-c2ccc3ncc(C(C)(O)c4ccc5ncccc5c4)n3n2)cn1. The second kappa shape index (κ2) is 5.97. The van der Waals surface area contributed by atoms with E-state index in [0.29, 0.717) is 11.3 Å². The van der Waals surface area contributed by atoms with Crippen LogP contribution in [0.3, 0.4) is 0 Å². The average molecular weight is 370 g/mol. The van der Waals surface area contributed by atoms with Gasteiger partial charge >= 0.3 is 0 Å². The molecule has 28 heavy (non-hydrogen) atoms. The highest BCUT2D eigenvalue weighted by atomic mass is 16.3. The fourth-order valence-electron chi connectivity index (χ4n) is 3.44. The summed E-state index contributed by atoms with van der Waals surface area (Å²) in [5.74, 6) is 0. The zero-order valence-corrected chi connectivity index (χ0v) is 15.5. The molecular weight excluding hydrogens is 352 g/mol. The maximum absolute atomic E-state index is 11.4. The van der Waals surface area contributed by atoms with Crippen molar-refractivity contribution in [3.05, 3.63) is 78.5 Å². The van der Waals surface area contributed by atoms with E-state index in [0.717, 1.165) is 27.7 Å². The Labute approximate surface area is 160 Å². The number of aliphatic hydroxyl groups is 1. The van der Waals surface area contributed by atoms with Gasteiger partial charge < -0.3 is 5.11 Å². The van der Waals surface area contributed by atoms with Crippen molar-refractivity contribution in [2.45, 2.75) is 12.5 Å². The molecule has 138 valence electrons. The van der Waals surface area contributed by atoms with Crippen LogP contribution in [0.15, 0.2) is 67.3 Å². The molecule has 1 atom stereocenters. The van der Waals surface area contributed by atoms with E-state index < -0.39 is 5.60 Å². The highest BCUT2D eigenvalue weighted by Crippen LogP contribution is 2.31. The molecule has 0 fully saturated rings. The number of nitrogens with zero attached hydrogens (tertiary/aromatic N) is 6. The Morgan fingerprint density at radius 2 is 1.93 bits per heavy atom. The van der Waals surface area contributed by atoms with Crippen molar-refractivity contribution >= 4 is 16.6 Å². The Morgan fingerprint density at radius 1 is 1.04 bits per heavy atom. The van der Waals surface area contributed by atoms with Crippen molar-refractivity contribution in [2.75, 3.05) is 0 Å². The van der Waals surface area contributed by atoms with Crippen LogP contribution in [0.25, 0.3) is 27.8 Å². The molecule has 7 heteroatoms. The molecule has 0 spiro atoms. The van der Waals surface area contributed by atoms with E-state index in [9.17, 15) is 5.11 Å². The summed E-state index contributed by atoms with van der Waals surface area (Å²) in [6, 6.07) is 13.4. The third-order valence-electron chi connectivity index (χ3n) is 5.03. The van der Waals surface area contributed by atoms with E-state index in [-0.39, 0.29) is 0 Å². The molecule has 7 nitrogen and oxygen atoms in total. The van der Waals surface area contributed by atoms with Crippen LogP contribution in [0.4, 0.5) is 0 Å². The highest BCUT2D eigenvalue weighted by Gasteiger charge is 2.30. The number of aryl methyl sites for hydroxylation is 1. The highest BCUT2D eigenvalue weighted by molar-refractivity contribution is 5.79. The third kappa shape index (κ3) is 2.56. The molecule has 0 aliphatic rings. The smallest absolute Gasteiger partial charge is 0.153 e. The monoisotopic (exact) mass is 370 g/mol.